The summed E-state index contributed by atoms with van der Waals surface area (Å²) in [6.07, 6.45) is 1.62. The lowest BCUT2D eigenvalue weighted by Crippen LogP contribution is -2.23. The molecule has 1 saturated heterocycles. The SMILES string of the molecule is COc1ccc2cc(CNC(C)c3ccc(N4CCCC4=O)cc3)ccc2c1. The Balaban J connectivity index is 1.40. The standard InChI is InChI=1S/C24H26N2O2/c1-17(19-7-10-22(11-8-19)26-13-3-4-24(26)27)25-16-18-5-6-21-15-23(28-2)12-9-20(21)14-18/h5-12,14-15,17,25H,3-4,13,16H2,1-2H3. The first kappa shape index (κ1) is 18.5. The summed E-state index contributed by atoms with van der Waals surface area (Å²) in [6, 6.07) is 21.2. The molecule has 1 fully saturated rings. The maximum Gasteiger partial charge on any atom is 0.227 e. The van der Waals surface area contributed by atoms with Crippen LogP contribution in [0.25, 0.3) is 10.8 Å². The highest BCUT2D eigenvalue weighted by Gasteiger charge is 2.21. The molecule has 144 valence electrons. The summed E-state index contributed by atoms with van der Waals surface area (Å²) in [5.74, 6) is 1.11. The van der Waals surface area contributed by atoms with Gasteiger partial charge in [0.05, 0.1) is 7.11 Å². The van der Waals surface area contributed by atoms with E-state index in [2.05, 4.69) is 66.8 Å². The molecule has 1 unspecified atom stereocenters. The van der Waals surface area contributed by atoms with E-state index in [4.69, 9.17) is 4.74 Å². The largest absolute Gasteiger partial charge is 0.497 e. The number of amides is 1. The second-order valence-corrected chi connectivity index (χ2v) is 7.39. The molecule has 1 aliphatic heterocycles. The zero-order valence-corrected chi connectivity index (χ0v) is 16.4. The van der Waals surface area contributed by atoms with Crippen molar-refractivity contribution in [3.63, 3.8) is 0 Å². The van der Waals surface area contributed by atoms with E-state index in [1.807, 2.05) is 11.0 Å². The van der Waals surface area contributed by atoms with Gasteiger partial charge < -0.3 is 15.0 Å². The number of ether oxygens (including phenoxy) is 1. The monoisotopic (exact) mass is 374 g/mol. The summed E-state index contributed by atoms with van der Waals surface area (Å²) < 4.78 is 5.29. The van der Waals surface area contributed by atoms with Crippen molar-refractivity contribution in [2.45, 2.75) is 32.4 Å². The topological polar surface area (TPSA) is 41.6 Å². The highest BCUT2D eigenvalue weighted by molar-refractivity contribution is 5.95. The molecule has 1 atom stereocenters. The minimum absolute atomic E-state index is 0.229. The van der Waals surface area contributed by atoms with E-state index >= 15 is 0 Å². The minimum Gasteiger partial charge on any atom is -0.497 e. The summed E-state index contributed by atoms with van der Waals surface area (Å²) in [7, 11) is 1.69. The second kappa shape index (κ2) is 8.03. The molecule has 4 nitrogen and oxygen atoms in total. The molecule has 4 rings (SSSR count). The highest BCUT2D eigenvalue weighted by atomic mass is 16.5. The van der Waals surface area contributed by atoms with Gasteiger partial charge in [-0.2, -0.15) is 0 Å². The predicted octanol–water partition coefficient (Wildman–Crippen LogP) is 4.83. The Morgan fingerprint density at radius 3 is 2.50 bits per heavy atom. The van der Waals surface area contributed by atoms with Gasteiger partial charge in [-0.05, 0) is 65.6 Å². The number of rotatable bonds is 6. The quantitative estimate of drug-likeness (QED) is 0.672. The number of fused-ring (bicyclic) bond motifs is 1. The molecule has 0 aromatic heterocycles. The van der Waals surface area contributed by atoms with Gasteiger partial charge in [-0.25, -0.2) is 0 Å². The number of hydrogen-bond acceptors (Lipinski definition) is 3. The molecule has 0 saturated carbocycles. The van der Waals surface area contributed by atoms with Gasteiger partial charge in [-0.15, -0.1) is 0 Å². The van der Waals surface area contributed by atoms with Crippen LogP contribution in [0.4, 0.5) is 5.69 Å². The van der Waals surface area contributed by atoms with Gasteiger partial charge in [0.1, 0.15) is 5.75 Å². The van der Waals surface area contributed by atoms with E-state index in [9.17, 15) is 4.79 Å². The second-order valence-electron chi connectivity index (χ2n) is 7.39. The van der Waals surface area contributed by atoms with Crippen molar-refractivity contribution in [2.75, 3.05) is 18.6 Å². The number of nitrogens with one attached hydrogen (secondary N) is 1. The van der Waals surface area contributed by atoms with Crippen LogP contribution in [-0.2, 0) is 11.3 Å². The van der Waals surface area contributed by atoms with Crippen LogP contribution < -0.4 is 15.0 Å². The molecule has 1 amide bonds. The Hall–Kier alpha value is -2.85. The summed E-state index contributed by atoms with van der Waals surface area (Å²) in [5, 5.41) is 5.99. The highest BCUT2D eigenvalue weighted by Crippen LogP contribution is 2.25. The first-order valence-electron chi connectivity index (χ1n) is 9.84. The number of methoxy groups -OCH3 is 1. The zero-order valence-electron chi connectivity index (χ0n) is 16.4. The van der Waals surface area contributed by atoms with Gasteiger partial charge >= 0.3 is 0 Å². The number of hydrogen-bond donors (Lipinski definition) is 1. The number of nitrogens with zero attached hydrogens (tertiary/aromatic N) is 1. The Morgan fingerprint density at radius 1 is 1.04 bits per heavy atom. The fourth-order valence-corrected chi connectivity index (χ4v) is 3.76. The third kappa shape index (κ3) is 3.87. The molecule has 28 heavy (non-hydrogen) atoms. The number of carbonyl (C=O) groups is 1. The number of carbonyl (C=O) groups excluding carboxylic acids is 1. The van der Waals surface area contributed by atoms with E-state index in [1.165, 1.54) is 21.9 Å². The summed E-state index contributed by atoms with van der Waals surface area (Å²) in [6.45, 7) is 3.80. The molecule has 3 aromatic carbocycles. The van der Waals surface area contributed by atoms with Gasteiger partial charge in [0.25, 0.3) is 0 Å². The Kier molecular flexibility index (Phi) is 5.31. The van der Waals surface area contributed by atoms with Crippen LogP contribution in [0, 0.1) is 0 Å². The molecule has 0 radical (unpaired) electrons. The molecule has 1 heterocycles. The molecule has 0 aliphatic carbocycles. The van der Waals surface area contributed by atoms with Crippen LogP contribution >= 0.6 is 0 Å². The Bertz CT molecular complexity index is 982. The number of anilines is 1. The minimum atomic E-state index is 0.229. The van der Waals surface area contributed by atoms with E-state index in [-0.39, 0.29) is 11.9 Å². The smallest absolute Gasteiger partial charge is 0.227 e. The average molecular weight is 374 g/mol. The van der Waals surface area contributed by atoms with Gasteiger partial charge in [0.15, 0.2) is 0 Å². The average Bonchev–Trinajstić information content (AvgIpc) is 3.17. The predicted molar refractivity (Wildman–Crippen MR) is 114 cm³/mol. The molecule has 1 aliphatic rings. The van der Waals surface area contributed by atoms with Crippen LogP contribution in [-0.4, -0.2) is 19.6 Å². The van der Waals surface area contributed by atoms with Crippen molar-refractivity contribution >= 4 is 22.4 Å². The third-order valence-electron chi connectivity index (χ3n) is 5.50. The fourth-order valence-electron chi connectivity index (χ4n) is 3.76. The van der Waals surface area contributed by atoms with Crippen molar-refractivity contribution in [1.29, 1.82) is 0 Å². The maximum atomic E-state index is 11.9. The Labute approximate surface area is 166 Å². The third-order valence-corrected chi connectivity index (χ3v) is 5.50. The lowest BCUT2D eigenvalue weighted by molar-refractivity contribution is -0.117. The molecule has 4 heteroatoms. The van der Waals surface area contributed by atoms with Crippen LogP contribution in [0.15, 0.2) is 60.7 Å². The molecule has 3 aromatic rings. The van der Waals surface area contributed by atoms with Gasteiger partial charge in [-0.3, -0.25) is 4.79 Å². The lowest BCUT2D eigenvalue weighted by Gasteiger charge is -2.18. The van der Waals surface area contributed by atoms with E-state index in [1.54, 1.807) is 7.11 Å². The van der Waals surface area contributed by atoms with Crippen molar-refractivity contribution in [3.05, 3.63) is 71.8 Å². The zero-order chi connectivity index (χ0) is 19.5. The normalized spacial score (nSPS) is 15.2. The fraction of sp³-hybridized carbons (Fsp3) is 0.292. The number of benzene rings is 3. The van der Waals surface area contributed by atoms with E-state index in [0.29, 0.717) is 6.42 Å². The summed E-state index contributed by atoms with van der Waals surface area (Å²) in [4.78, 5) is 13.8. The molecule has 0 bridgehead atoms. The van der Waals surface area contributed by atoms with E-state index in [0.717, 1.165) is 30.9 Å². The maximum absolute atomic E-state index is 11.9. The summed E-state index contributed by atoms with van der Waals surface area (Å²) >= 11 is 0. The van der Waals surface area contributed by atoms with Crippen molar-refractivity contribution < 1.29 is 9.53 Å². The van der Waals surface area contributed by atoms with Crippen LogP contribution in [0.5, 0.6) is 5.75 Å². The molecule has 0 spiro atoms. The summed E-state index contributed by atoms with van der Waals surface area (Å²) in [5.41, 5.74) is 3.48. The molecule has 1 N–H and O–H groups in total. The van der Waals surface area contributed by atoms with Gasteiger partial charge in [0, 0.05) is 31.2 Å². The Morgan fingerprint density at radius 2 is 1.79 bits per heavy atom. The van der Waals surface area contributed by atoms with E-state index < -0.39 is 0 Å². The first-order chi connectivity index (χ1) is 13.6. The lowest BCUT2D eigenvalue weighted by atomic mass is 10.0. The van der Waals surface area contributed by atoms with Crippen LogP contribution in [0.2, 0.25) is 0 Å². The van der Waals surface area contributed by atoms with Crippen LogP contribution in [0.1, 0.15) is 36.9 Å². The van der Waals surface area contributed by atoms with Crippen molar-refractivity contribution in [2.24, 2.45) is 0 Å². The molecular formula is C24H26N2O2. The van der Waals surface area contributed by atoms with Gasteiger partial charge in [0.2, 0.25) is 5.91 Å². The molecular weight excluding hydrogens is 348 g/mol. The van der Waals surface area contributed by atoms with Crippen molar-refractivity contribution in [3.8, 4) is 5.75 Å². The van der Waals surface area contributed by atoms with Crippen LogP contribution in [0.3, 0.4) is 0 Å². The van der Waals surface area contributed by atoms with Crippen molar-refractivity contribution in [1.82, 2.24) is 5.32 Å². The van der Waals surface area contributed by atoms with Gasteiger partial charge in [-0.1, -0.05) is 30.3 Å². The first-order valence-corrected chi connectivity index (χ1v) is 9.84.